The molecule has 1 nitrogen and oxygen atoms in total. The summed E-state index contributed by atoms with van der Waals surface area (Å²) in [7, 11) is 0. The molecule has 0 radical (unpaired) electrons. The molecule has 0 aliphatic heterocycles. The molecule has 0 saturated carbocycles. The third-order valence-corrected chi connectivity index (χ3v) is 4.59. The molecule has 2 aromatic rings. The Hall–Kier alpha value is -1.31. The lowest BCUT2D eigenvalue weighted by molar-refractivity contribution is 0.225. The normalized spacial score (nSPS) is 15.0. The van der Waals surface area contributed by atoms with E-state index in [1.807, 2.05) is 18.2 Å². The third-order valence-electron chi connectivity index (χ3n) is 4.36. The second kappa shape index (κ2) is 6.64. The summed E-state index contributed by atoms with van der Waals surface area (Å²) < 4.78 is 0. The summed E-state index contributed by atoms with van der Waals surface area (Å²) in [5.74, 6) is 0.253. The maximum atomic E-state index is 9.68. The molecule has 0 fully saturated rings. The summed E-state index contributed by atoms with van der Waals surface area (Å²) in [6, 6.07) is 14.8. The number of halogens is 1. The Morgan fingerprint density at radius 2 is 1.71 bits per heavy atom. The van der Waals surface area contributed by atoms with E-state index in [2.05, 4.69) is 24.3 Å². The van der Waals surface area contributed by atoms with Crippen molar-refractivity contribution in [2.45, 2.75) is 32.1 Å². The molecular formula is C19H21ClO. The molecular weight excluding hydrogens is 280 g/mol. The van der Waals surface area contributed by atoms with Crippen LogP contribution in [-0.2, 0) is 25.7 Å². The van der Waals surface area contributed by atoms with Crippen LogP contribution >= 0.6 is 11.6 Å². The fourth-order valence-corrected chi connectivity index (χ4v) is 3.50. The summed E-state index contributed by atoms with van der Waals surface area (Å²) in [6.45, 7) is 0.212. The molecule has 3 rings (SSSR count). The Labute approximate surface area is 131 Å². The Morgan fingerprint density at radius 3 is 2.48 bits per heavy atom. The number of fused-ring (bicyclic) bond motifs is 1. The maximum Gasteiger partial charge on any atom is 0.0465 e. The minimum atomic E-state index is 0.212. The van der Waals surface area contributed by atoms with Crippen LogP contribution in [0.1, 0.15) is 28.7 Å². The second-order valence-corrected chi connectivity index (χ2v) is 6.48. The zero-order valence-corrected chi connectivity index (χ0v) is 12.9. The Balaban J connectivity index is 1.69. The zero-order valence-electron chi connectivity index (χ0n) is 12.2. The molecule has 1 atom stereocenters. The van der Waals surface area contributed by atoms with Gasteiger partial charge in [0, 0.05) is 11.6 Å². The average molecular weight is 301 g/mol. The van der Waals surface area contributed by atoms with Gasteiger partial charge in [-0.05, 0) is 72.4 Å². The van der Waals surface area contributed by atoms with Gasteiger partial charge in [0.05, 0.1) is 0 Å². The van der Waals surface area contributed by atoms with E-state index in [4.69, 9.17) is 11.6 Å². The van der Waals surface area contributed by atoms with Crippen LogP contribution in [0.15, 0.2) is 42.5 Å². The van der Waals surface area contributed by atoms with E-state index in [-0.39, 0.29) is 12.5 Å². The van der Waals surface area contributed by atoms with Crippen LogP contribution in [0.3, 0.4) is 0 Å². The monoisotopic (exact) mass is 300 g/mol. The molecule has 0 saturated heterocycles. The van der Waals surface area contributed by atoms with E-state index in [1.54, 1.807) is 0 Å². The van der Waals surface area contributed by atoms with Gasteiger partial charge in [0.15, 0.2) is 0 Å². The van der Waals surface area contributed by atoms with Crippen molar-refractivity contribution < 1.29 is 5.11 Å². The van der Waals surface area contributed by atoms with Gasteiger partial charge in [0.1, 0.15) is 0 Å². The molecule has 1 unspecified atom stereocenters. The van der Waals surface area contributed by atoms with Crippen molar-refractivity contribution in [1.82, 2.24) is 0 Å². The lowest BCUT2D eigenvalue weighted by Gasteiger charge is -2.15. The van der Waals surface area contributed by atoms with E-state index in [0.29, 0.717) is 0 Å². The van der Waals surface area contributed by atoms with Gasteiger partial charge in [-0.15, -0.1) is 0 Å². The Morgan fingerprint density at radius 1 is 0.952 bits per heavy atom. The van der Waals surface area contributed by atoms with Crippen molar-refractivity contribution in [1.29, 1.82) is 0 Å². The fourth-order valence-electron chi connectivity index (χ4n) is 3.28. The first kappa shape index (κ1) is 14.6. The summed E-state index contributed by atoms with van der Waals surface area (Å²) in [5.41, 5.74) is 5.56. The van der Waals surface area contributed by atoms with Crippen LogP contribution in [0.4, 0.5) is 0 Å². The highest BCUT2D eigenvalue weighted by molar-refractivity contribution is 6.30. The van der Waals surface area contributed by atoms with E-state index in [0.717, 1.165) is 17.9 Å². The predicted molar refractivity (Wildman–Crippen MR) is 87.9 cm³/mol. The quantitative estimate of drug-likeness (QED) is 0.876. The molecule has 110 valence electrons. The van der Waals surface area contributed by atoms with Crippen molar-refractivity contribution in [2.24, 2.45) is 5.92 Å². The van der Waals surface area contributed by atoms with Crippen LogP contribution in [0, 0.1) is 5.92 Å². The minimum absolute atomic E-state index is 0.212. The van der Waals surface area contributed by atoms with Gasteiger partial charge >= 0.3 is 0 Å². The zero-order chi connectivity index (χ0) is 14.7. The topological polar surface area (TPSA) is 20.2 Å². The molecule has 0 aromatic heterocycles. The van der Waals surface area contributed by atoms with Gasteiger partial charge in [-0.3, -0.25) is 0 Å². The van der Waals surface area contributed by atoms with Crippen molar-refractivity contribution in [3.63, 3.8) is 0 Å². The Kier molecular flexibility index (Phi) is 4.62. The van der Waals surface area contributed by atoms with E-state index >= 15 is 0 Å². The van der Waals surface area contributed by atoms with Gasteiger partial charge < -0.3 is 5.11 Å². The van der Waals surface area contributed by atoms with Gasteiger partial charge in [0.2, 0.25) is 0 Å². The molecule has 0 bridgehead atoms. The molecule has 0 spiro atoms. The number of benzene rings is 2. The van der Waals surface area contributed by atoms with Crippen LogP contribution < -0.4 is 0 Å². The fraction of sp³-hybridized carbons (Fsp3) is 0.368. The van der Waals surface area contributed by atoms with E-state index in [1.165, 1.54) is 41.5 Å². The van der Waals surface area contributed by atoms with Crippen LogP contribution in [0.5, 0.6) is 0 Å². The standard InChI is InChI=1S/C19H21ClO/c20-19-6-1-3-14(12-19)9-16(13-21)10-15-7-8-17-4-2-5-18(17)11-15/h1,3,6-8,11-12,16,21H,2,4-5,9-10,13H2. The number of rotatable bonds is 5. The number of hydrogen-bond donors (Lipinski definition) is 1. The van der Waals surface area contributed by atoms with Gasteiger partial charge in [-0.1, -0.05) is 41.9 Å². The number of aryl methyl sites for hydroxylation is 2. The van der Waals surface area contributed by atoms with Crippen molar-refractivity contribution in [3.8, 4) is 0 Å². The number of aliphatic hydroxyl groups is 1. The molecule has 21 heavy (non-hydrogen) atoms. The maximum absolute atomic E-state index is 9.68. The van der Waals surface area contributed by atoms with Gasteiger partial charge in [-0.25, -0.2) is 0 Å². The largest absolute Gasteiger partial charge is 0.396 e. The summed E-state index contributed by atoms with van der Waals surface area (Å²) in [6.07, 6.45) is 5.51. The molecule has 2 heteroatoms. The average Bonchev–Trinajstić information content (AvgIpc) is 2.94. The first-order valence-corrected chi connectivity index (χ1v) is 8.08. The van der Waals surface area contributed by atoms with Crippen molar-refractivity contribution in [2.75, 3.05) is 6.61 Å². The van der Waals surface area contributed by atoms with Crippen LogP contribution in [0.2, 0.25) is 5.02 Å². The predicted octanol–water partition coefficient (Wildman–Crippen LogP) is 4.22. The summed E-state index contributed by atoms with van der Waals surface area (Å²) in [4.78, 5) is 0. The number of hydrogen-bond acceptors (Lipinski definition) is 1. The third kappa shape index (κ3) is 3.66. The Bertz CT molecular complexity index is 621. The van der Waals surface area contributed by atoms with Crippen LogP contribution in [0.25, 0.3) is 0 Å². The highest BCUT2D eigenvalue weighted by Crippen LogP contribution is 2.25. The highest BCUT2D eigenvalue weighted by atomic mass is 35.5. The highest BCUT2D eigenvalue weighted by Gasteiger charge is 2.14. The lowest BCUT2D eigenvalue weighted by atomic mass is 9.92. The number of aliphatic hydroxyl groups excluding tert-OH is 1. The van der Waals surface area contributed by atoms with Gasteiger partial charge in [0.25, 0.3) is 0 Å². The summed E-state index contributed by atoms with van der Waals surface area (Å²) in [5, 5.41) is 10.4. The molecule has 1 aliphatic rings. The molecule has 1 aliphatic carbocycles. The summed E-state index contributed by atoms with van der Waals surface area (Å²) >= 11 is 6.03. The minimum Gasteiger partial charge on any atom is -0.396 e. The van der Waals surface area contributed by atoms with Gasteiger partial charge in [-0.2, -0.15) is 0 Å². The first-order valence-electron chi connectivity index (χ1n) is 7.70. The molecule has 0 heterocycles. The van der Waals surface area contributed by atoms with E-state index < -0.39 is 0 Å². The molecule has 2 aromatic carbocycles. The lowest BCUT2D eigenvalue weighted by Crippen LogP contribution is -2.13. The first-order chi connectivity index (χ1) is 10.2. The smallest absolute Gasteiger partial charge is 0.0465 e. The molecule has 0 amide bonds. The SMILES string of the molecule is OCC(Cc1cccc(Cl)c1)Cc1ccc2c(c1)CCC2. The molecule has 1 N–H and O–H groups in total. The second-order valence-electron chi connectivity index (χ2n) is 6.04. The van der Waals surface area contributed by atoms with Crippen molar-refractivity contribution >= 4 is 11.6 Å². The van der Waals surface area contributed by atoms with E-state index in [9.17, 15) is 5.11 Å². The van der Waals surface area contributed by atoms with Crippen molar-refractivity contribution in [3.05, 3.63) is 69.7 Å². The van der Waals surface area contributed by atoms with Crippen LogP contribution in [-0.4, -0.2) is 11.7 Å².